The summed E-state index contributed by atoms with van der Waals surface area (Å²) in [4.78, 5) is 7.07. The van der Waals surface area contributed by atoms with Crippen LogP contribution in [0.3, 0.4) is 0 Å². The molecule has 1 aromatic rings. The van der Waals surface area contributed by atoms with Crippen molar-refractivity contribution in [2.24, 2.45) is 0 Å². The molecule has 1 N–H and O–H groups in total. The first-order chi connectivity index (χ1) is 8.22. The van der Waals surface area contributed by atoms with Crippen molar-refractivity contribution in [3.05, 3.63) is 30.1 Å². The van der Waals surface area contributed by atoms with Crippen molar-refractivity contribution in [3.8, 4) is 0 Å². The molecule has 1 saturated heterocycles. The molecule has 0 amide bonds. The average molecular weight is 233 g/mol. The Morgan fingerprint density at radius 3 is 3.00 bits per heavy atom. The van der Waals surface area contributed by atoms with Gasteiger partial charge in [-0.25, -0.2) is 0 Å². The lowest BCUT2D eigenvalue weighted by atomic mass is 10.0. The summed E-state index contributed by atoms with van der Waals surface area (Å²) in [5.74, 6) is 0. The molecule has 0 bridgehead atoms. The molecule has 3 heteroatoms. The summed E-state index contributed by atoms with van der Waals surface area (Å²) in [6, 6.07) is 7.79. The van der Waals surface area contributed by atoms with Gasteiger partial charge in [0.15, 0.2) is 0 Å². The smallest absolute Gasteiger partial charge is 0.0572 e. The van der Waals surface area contributed by atoms with Crippen LogP contribution < -0.4 is 5.32 Å². The number of nitrogens with zero attached hydrogens (tertiary/aromatic N) is 2. The van der Waals surface area contributed by atoms with Crippen molar-refractivity contribution < 1.29 is 0 Å². The predicted molar refractivity (Wildman–Crippen MR) is 70.9 cm³/mol. The molecule has 3 nitrogen and oxygen atoms in total. The summed E-state index contributed by atoms with van der Waals surface area (Å²) in [7, 11) is 0. The summed E-state index contributed by atoms with van der Waals surface area (Å²) in [5.41, 5.74) is 1.18. The van der Waals surface area contributed by atoms with Crippen LogP contribution in [-0.2, 0) is 0 Å². The number of pyridine rings is 1. The monoisotopic (exact) mass is 233 g/mol. The molecule has 0 aromatic carbocycles. The lowest BCUT2D eigenvalue weighted by Gasteiger charge is -2.42. The van der Waals surface area contributed by atoms with Crippen LogP contribution in [-0.4, -0.2) is 35.1 Å². The Hall–Kier alpha value is -0.930. The Kier molecular flexibility index (Phi) is 4.13. The maximum atomic E-state index is 4.49. The fourth-order valence-corrected chi connectivity index (χ4v) is 2.63. The maximum absolute atomic E-state index is 4.49. The third kappa shape index (κ3) is 2.85. The van der Waals surface area contributed by atoms with Crippen LogP contribution >= 0.6 is 0 Å². The van der Waals surface area contributed by atoms with Crippen molar-refractivity contribution in [2.75, 3.05) is 13.1 Å². The van der Waals surface area contributed by atoms with E-state index in [1.807, 2.05) is 12.3 Å². The molecule has 0 radical (unpaired) electrons. The van der Waals surface area contributed by atoms with E-state index in [0.717, 1.165) is 13.1 Å². The molecule has 3 atom stereocenters. The quantitative estimate of drug-likeness (QED) is 0.867. The van der Waals surface area contributed by atoms with Crippen LogP contribution in [0, 0.1) is 0 Å². The Balaban J connectivity index is 2.13. The summed E-state index contributed by atoms with van der Waals surface area (Å²) in [5, 5.41) is 3.56. The van der Waals surface area contributed by atoms with Crippen LogP contribution in [0.2, 0.25) is 0 Å². The predicted octanol–water partition coefficient (Wildman–Crippen LogP) is 2.21. The van der Waals surface area contributed by atoms with E-state index in [4.69, 9.17) is 0 Å². The first-order valence-corrected chi connectivity index (χ1v) is 6.62. The highest BCUT2D eigenvalue weighted by molar-refractivity contribution is 5.09. The highest BCUT2D eigenvalue weighted by Gasteiger charge is 2.29. The molecule has 0 aliphatic carbocycles. The van der Waals surface area contributed by atoms with Gasteiger partial charge >= 0.3 is 0 Å². The standard InChI is InChI=1S/C14H23N3/c1-4-13-9-16-11(2)10-17(13)12(3)14-7-5-6-8-15-14/h5-8,11-13,16H,4,9-10H2,1-3H3. The number of rotatable bonds is 3. The van der Waals surface area contributed by atoms with E-state index in [2.05, 4.69) is 48.1 Å². The summed E-state index contributed by atoms with van der Waals surface area (Å²) in [6.45, 7) is 8.98. The van der Waals surface area contributed by atoms with Crippen molar-refractivity contribution in [1.29, 1.82) is 0 Å². The minimum Gasteiger partial charge on any atom is -0.311 e. The Labute approximate surface area is 104 Å². The van der Waals surface area contributed by atoms with Gasteiger partial charge in [0.2, 0.25) is 0 Å². The zero-order valence-electron chi connectivity index (χ0n) is 11.1. The molecule has 0 spiro atoms. The number of hydrogen-bond acceptors (Lipinski definition) is 3. The van der Waals surface area contributed by atoms with E-state index < -0.39 is 0 Å². The van der Waals surface area contributed by atoms with E-state index in [0.29, 0.717) is 18.1 Å². The highest BCUT2D eigenvalue weighted by Crippen LogP contribution is 2.24. The third-order valence-electron chi connectivity index (χ3n) is 3.74. The van der Waals surface area contributed by atoms with Gasteiger partial charge in [0.25, 0.3) is 0 Å². The first kappa shape index (κ1) is 12.5. The topological polar surface area (TPSA) is 28.2 Å². The summed E-state index contributed by atoms with van der Waals surface area (Å²) >= 11 is 0. The van der Waals surface area contributed by atoms with Gasteiger partial charge in [-0.05, 0) is 32.4 Å². The van der Waals surface area contributed by atoms with Crippen LogP contribution in [0.5, 0.6) is 0 Å². The van der Waals surface area contributed by atoms with E-state index in [9.17, 15) is 0 Å². The lowest BCUT2D eigenvalue weighted by Crippen LogP contribution is -2.55. The van der Waals surface area contributed by atoms with Crippen molar-refractivity contribution in [1.82, 2.24) is 15.2 Å². The van der Waals surface area contributed by atoms with Gasteiger partial charge < -0.3 is 5.32 Å². The third-order valence-corrected chi connectivity index (χ3v) is 3.74. The zero-order valence-corrected chi connectivity index (χ0v) is 11.1. The Morgan fingerprint density at radius 1 is 1.53 bits per heavy atom. The second kappa shape index (κ2) is 5.61. The average Bonchev–Trinajstić information content (AvgIpc) is 2.39. The fourth-order valence-electron chi connectivity index (χ4n) is 2.63. The molecular weight excluding hydrogens is 210 g/mol. The molecule has 0 saturated carbocycles. The van der Waals surface area contributed by atoms with Gasteiger partial charge in [-0.2, -0.15) is 0 Å². The molecule has 94 valence electrons. The molecule has 17 heavy (non-hydrogen) atoms. The molecule has 1 aliphatic heterocycles. The van der Waals surface area contributed by atoms with Crippen molar-refractivity contribution in [2.45, 2.75) is 45.3 Å². The number of hydrogen-bond donors (Lipinski definition) is 1. The lowest BCUT2D eigenvalue weighted by molar-refractivity contribution is 0.0886. The van der Waals surface area contributed by atoms with Crippen LogP contribution in [0.15, 0.2) is 24.4 Å². The Bertz CT molecular complexity index is 339. The summed E-state index contributed by atoms with van der Waals surface area (Å²) < 4.78 is 0. The second-order valence-electron chi connectivity index (χ2n) is 5.00. The Morgan fingerprint density at radius 2 is 2.35 bits per heavy atom. The van der Waals surface area contributed by atoms with E-state index >= 15 is 0 Å². The molecule has 3 unspecified atom stereocenters. The largest absolute Gasteiger partial charge is 0.311 e. The van der Waals surface area contributed by atoms with Crippen molar-refractivity contribution >= 4 is 0 Å². The molecule has 1 aliphatic rings. The minimum absolute atomic E-state index is 0.408. The maximum Gasteiger partial charge on any atom is 0.0572 e. The van der Waals surface area contributed by atoms with Gasteiger partial charge in [0.1, 0.15) is 0 Å². The van der Waals surface area contributed by atoms with Crippen LogP contribution in [0.4, 0.5) is 0 Å². The van der Waals surface area contributed by atoms with Crippen molar-refractivity contribution in [3.63, 3.8) is 0 Å². The normalized spacial score (nSPS) is 27.9. The highest BCUT2D eigenvalue weighted by atomic mass is 15.3. The van der Waals surface area contributed by atoms with Gasteiger partial charge in [-0.3, -0.25) is 9.88 Å². The molecular formula is C14H23N3. The fraction of sp³-hybridized carbons (Fsp3) is 0.643. The molecule has 1 aromatic heterocycles. The number of aromatic nitrogens is 1. The molecule has 1 fully saturated rings. The van der Waals surface area contributed by atoms with Gasteiger partial charge in [0.05, 0.1) is 5.69 Å². The first-order valence-electron chi connectivity index (χ1n) is 6.62. The molecule has 2 heterocycles. The second-order valence-corrected chi connectivity index (χ2v) is 5.00. The van der Waals surface area contributed by atoms with E-state index in [1.54, 1.807) is 0 Å². The van der Waals surface area contributed by atoms with Gasteiger partial charge in [0, 0.05) is 37.4 Å². The number of nitrogens with one attached hydrogen (secondary N) is 1. The van der Waals surface area contributed by atoms with Gasteiger partial charge in [-0.1, -0.05) is 13.0 Å². The van der Waals surface area contributed by atoms with E-state index in [-0.39, 0.29) is 0 Å². The van der Waals surface area contributed by atoms with E-state index in [1.165, 1.54) is 12.1 Å². The molecule has 2 rings (SSSR count). The summed E-state index contributed by atoms with van der Waals surface area (Å²) in [6.07, 6.45) is 3.08. The number of piperazine rings is 1. The SMILES string of the molecule is CCC1CNC(C)CN1C(C)c1ccccn1. The van der Waals surface area contributed by atoms with Crippen LogP contribution in [0.1, 0.15) is 38.9 Å². The minimum atomic E-state index is 0.408. The van der Waals surface area contributed by atoms with Crippen LogP contribution in [0.25, 0.3) is 0 Å². The van der Waals surface area contributed by atoms with Gasteiger partial charge in [-0.15, -0.1) is 0 Å². The zero-order chi connectivity index (χ0) is 12.3.